The second-order valence-corrected chi connectivity index (χ2v) is 14.2. The van der Waals surface area contributed by atoms with Gasteiger partial charge in [0.1, 0.15) is 23.1 Å². The minimum absolute atomic E-state index is 0.0108. The van der Waals surface area contributed by atoms with Gasteiger partial charge >= 0.3 is 0 Å². The standard InChI is InChI=1S/C36H52FN7O4/c1-5-31(45)40-32(34(47)43-20-18-42(4)19-21-43)24(2)26-14-15-29(28(37)22-26)39-35(48)36(3,27-10-8-6-7-9-11-27)41-33(46)30-16-17-38-44(30)23-25-12-13-25/h14-17,22,24-25,27,32H,5-13,18-21,23H2,1-4H3,(H,39,48)(H,40,45)(H,41,46)/t24-,32+,36+/m0/s1. The smallest absolute Gasteiger partial charge is 0.270 e. The van der Waals surface area contributed by atoms with E-state index in [-0.39, 0.29) is 35.7 Å². The highest BCUT2D eigenvalue weighted by Crippen LogP contribution is 2.35. The van der Waals surface area contributed by atoms with Gasteiger partial charge in [-0.15, -0.1) is 0 Å². The van der Waals surface area contributed by atoms with Gasteiger partial charge in [-0.1, -0.05) is 45.6 Å². The van der Waals surface area contributed by atoms with Crippen LogP contribution in [0.15, 0.2) is 30.5 Å². The maximum Gasteiger partial charge on any atom is 0.270 e. The number of carbonyl (C=O) groups excluding carboxylic acids is 4. The van der Waals surface area contributed by atoms with E-state index < -0.39 is 29.2 Å². The first-order valence-electron chi connectivity index (χ1n) is 17.7. The summed E-state index contributed by atoms with van der Waals surface area (Å²) in [5, 5.41) is 13.1. The molecule has 11 nitrogen and oxygen atoms in total. The number of nitrogens with one attached hydrogen (secondary N) is 3. The van der Waals surface area contributed by atoms with Crippen LogP contribution in [0.1, 0.15) is 101 Å². The zero-order valence-corrected chi connectivity index (χ0v) is 28.9. The predicted octanol–water partition coefficient (Wildman–Crippen LogP) is 4.30. The lowest BCUT2D eigenvalue weighted by atomic mass is 9.79. The normalized spacial score (nSPS) is 20.2. The van der Waals surface area contributed by atoms with E-state index in [4.69, 9.17) is 0 Å². The molecule has 2 heterocycles. The molecule has 1 aromatic heterocycles. The van der Waals surface area contributed by atoms with Crippen LogP contribution in [0.4, 0.5) is 10.1 Å². The molecule has 4 amide bonds. The number of anilines is 1. The summed E-state index contributed by atoms with van der Waals surface area (Å²) in [7, 11) is 2.00. The summed E-state index contributed by atoms with van der Waals surface area (Å²) in [4.78, 5) is 57.8. The summed E-state index contributed by atoms with van der Waals surface area (Å²) < 4.78 is 17.5. The lowest BCUT2D eigenvalue weighted by Gasteiger charge is -2.37. The van der Waals surface area contributed by atoms with Crippen LogP contribution in [0.25, 0.3) is 0 Å². The Morgan fingerprint density at radius 1 is 1.00 bits per heavy atom. The molecule has 2 aliphatic carbocycles. The fraction of sp³-hybridized carbons (Fsp3) is 0.639. The third-order valence-corrected chi connectivity index (χ3v) is 10.6. The predicted molar refractivity (Wildman–Crippen MR) is 182 cm³/mol. The highest BCUT2D eigenvalue weighted by molar-refractivity contribution is 6.03. The molecule has 1 saturated heterocycles. The Morgan fingerprint density at radius 3 is 2.31 bits per heavy atom. The second-order valence-electron chi connectivity index (χ2n) is 14.2. The number of benzene rings is 1. The Labute approximate surface area is 283 Å². The fourth-order valence-electron chi connectivity index (χ4n) is 6.98. The molecular weight excluding hydrogens is 613 g/mol. The van der Waals surface area contributed by atoms with Crippen molar-refractivity contribution in [2.24, 2.45) is 11.8 Å². The lowest BCUT2D eigenvalue weighted by Crippen LogP contribution is -2.59. The molecular formula is C36H52FN7O4. The Hall–Kier alpha value is -3.80. The van der Waals surface area contributed by atoms with Crippen LogP contribution >= 0.6 is 0 Å². The summed E-state index contributed by atoms with van der Waals surface area (Å²) >= 11 is 0. The quantitative estimate of drug-likeness (QED) is 0.290. The number of nitrogens with zero attached hydrogens (tertiary/aromatic N) is 4. The summed E-state index contributed by atoms with van der Waals surface area (Å²) in [6.07, 6.45) is 9.66. The van der Waals surface area contributed by atoms with Crippen molar-refractivity contribution < 1.29 is 23.6 Å². The van der Waals surface area contributed by atoms with Crippen molar-refractivity contribution >= 4 is 29.3 Å². The Kier molecular flexibility index (Phi) is 11.5. The van der Waals surface area contributed by atoms with Crippen LogP contribution in [-0.4, -0.2) is 88.0 Å². The molecule has 3 fully saturated rings. The van der Waals surface area contributed by atoms with Gasteiger partial charge in [0.2, 0.25) is 17.7 Å². The van der Waals surface area contributed by atoms with Crippen LogP contribution in [0, 0.1) is 17.7 Å². The van der Waals surface area contributed by atoms with Crippen LogP contribution < -0.4 is 16.0 Å². The molecule has 262 valence electrons. The highest BCUT2D eigenvalue weighted by Gasteiger charge is 2.43. The van der Waals surface area contributed by atoms with E-state index in [1.54, 1.807) is 48.7 Å². The first-order chi connectivity index (χ1) is 23.0. The minimum Gasteiger partial charge on any atom is -0.344 e. The molecule has 2 saturated carbocycles. The van der Waals surface area contributed by atoms with Crippen molar-refractivity contribution in [1.29, 1.82) is 0 Å². The maximum absolute atomic E-state index is 15.8. The van der Waals surface area contributed by atoms with Gasteiger partial charge in [-0.05, 0) is 75.3 Å². The van der Waals surface area contributed by atoms with E-state index in [9.17, 15) is 19.2 Å². The van der Waals surface area contributed by atoms with Crippen molar-refractivity contribution in [3.63, 3.8) is 0 Å². The van der Waals surface area contributed by atoms with E-state index in [1.807, 2.05) is 7.05 Å². The van der Waals surface area contributed by atoms with Gasteiger partial charge in [0.05, 0.1) is 5.69 Å². The number of hydrogen-bond acceptors (Lipinski definition) is 6. The topological polar surface area (TPSA) is 129 Å². The minimum atomic E-state index is -1.29. The molecule has 3 N–H and O–H groups in total. The summed E-state index contributed by atoms with van der Waals surface area (Å²) in [6.45, 7) is 8.53. The molecule has 0 spiro atoms. The van der Waals surface area contributed by atoms with Crippen molar-refractivity contribution in [3.05, 3.63) is 47.5 Å². The Balaban J connectivity index is 1.35. The number of carbonyl (C=O) groups is 4. The largest absolute Gasteiger partial charge is 0.344 e. The molecule has 48 heavy (non-hydrogen) atoms. The lowest BCUT2D eigenvalue weighted by molar-refractivity contribution is -0.138. The zero-order chi connectivity index (χ0) is 34.4. The molecule has 0 bridgehead atoms. The number of piperazine rings is 1. The van der Waals surface area contributed by atoms with Crippen molar-refractivity contribution in [1.82, 2.24) is 30.2 Å². The van der Waals surface area contributed by atoms with Crippen molar-refractivity contribution in [2.75, 3.05) is 38.5 Å². The maximum atomic E-state index is 15.8. The van der Waals surface area contributed by atoms with E-state index in [0.717, 1.165) is 64.5 Å². The first kappa shape index (κ1) is 35.5. The summed E-state index contributed by atoms with van der Waals surface area (Å²) in [6, 6.07) is 5.32. The second kappa shape index (κ2) is 15.6. The molecule has 12 heteroatoms. The Bertz CT molecular complexity index is 1460. The van der Waals surface area contributed by atoms with Gasteiger partial charge in [-0.2, -0.15) is 5.10 Å². The number of likely N-dealkylation sites (N-methyl/N-ethyl adjacent to an activating group) is 1. The average molecular weight is 666 g/mol. The molecule has 1 aliphatic heterocycles. The monoisotopic (exact) mass is 665 g/mol. The molecule has 0 unspecified atom stereocenters. The Morgan fingerprint density at radius 2 is 1.69 bits per heavy atom. The van der Waals surface area contributed by atoms with E-state index >= 15 is 4.39 Å². The first-order valence-corrected chi connectivity index (χ1v) is 17.7. The van der Waals surface area contributed by atoms with Gasteiger partial charge in [0.25, 0.3) is 5.91 Å². The molecule has 2 aromatic rings. The van der Waals surface area contributed by atoms with Gasteiger partial charge in [-0.3, -0.25) is 23.9 Å². The van der Waals surface area contributed by atoms with Gasteiger partial charge in [-0.25, -0.2) is 4.39 Å². The molecule has 1 aromatic carbocycles. The summed E-state index contributed by atoms with van der Waals surface area (Å²) in [5.74, 6) is -2.09. The number of hydrogen-bond donors (Lipinski definition) is 3. The van der Waals surface area contributed by atoms with Crippen molar-refractivity contribution in [2.45, 2.75) is 103 Å². The van der Waals surface area contributed by atoms with Gasteiger partial charge in [0.15, 0.2) is 0 Å². The molecule has 3 atom stereocenters. The number of aromatic nitrogens is 2. The SMILES string of the molecule is CCC(=O)N[C@@H](C(=O)N1CCN(C)CC1)[C@@H](C)c1ccc(NC(=O)[C@](C)(NC(=O)c2ccnn2CC2CC2)C2CCCCCC2)c(F)c1. The van der Waals surface area contributed by atoms with Gasteiger partial charge in [0, 0.05) is 51.3 Å². The number of amides is 4. The van der Waals surface area contributed by atoms with E-state index in [2.05, 4.69) is 25.9 Å². The molecule has 0 radical (unpaired) electrons. The van der Waals surface area contributed by atoms with Gasteiger partial charge < -0.3 is 25.8 Å². The average Bonchev–Trinajstić information content (AvgIpc) is 3.84. The van der Waals surface area contributed by atoms with E-state index in [0.29, 0.717) is 36.8 Å². The van der Waals surface area contributed by atoms with Crippen molar-refractivity contribution in [3.8, 4) is 0 Å². The molecule has 3 aliphatic rings. The van der Waals surface area contributed by atoms with Crippen LogP contribution in [-0.2, 0) is 20.9 Å². The zero-order valence-electron chi connectivity index (χ0n) is 28.9. The van der Waals surface area contributed by atoms with Crippen LogP contribution in [0.3, 0.4) is 0 Å². The van der Waals surface area contributed by atoms with E-state index in [1.165, 1.54) is 12.1 Å². The molecule has 5 rings (SSSR count). The third kappa shape index (κ3) is 8.43. The fourth-order valence-corrected chi connectivity index (χ4v) is 6.98. The number of rotatable bonds is 12. The third-order valence-electron chi connectivity index (χ3n) is 10.6. The number of halogens is 1. The summed E-state index contributed by atoms with van der Waals surface area (Å²) in [5.41, 5.74) is -0.365. The highest BCUT2D eigenvalue weighted by atomic mass is 19.1. The van der Waals surface area contributed by atoms with Crippen LogP contribution in [0.2, 0.25) is 0 Å². The van der Waals surface area contributed by atoms with Crippen LogP contribution in [0.5, 0.6) is 0 Å².